The van der Waals surface area contributed by atoms with Crippen LogP contribution in [0.3, 0.4) is 0 Å². The molecule has 1 aliphatic heterocycles. The van der Waals surface area contributed by atoms with Crippen molar-refractivity contribution in [2.24, 2.45) is 0 Å². The van der Waals surface area contributed by atoms with Crippen molar-refractivity contribution in [2.45, 2.75) is 13.5 Å². The smallest absolute Gasteiger partial charge is 0.0605 e. The fourth-order valence-corrected chi connectivity index (χ4v) is 2.79. The van der Waals surface area contributed by atoms with E-state index in [0.29, 0.717) is 0 Å². The van der Waals surface area contributed by atoms with E-state index in [1.165, 1.54) is 22.5 Å². The molecule has 0 saturated heterocycles. The topological polar surface area (TPSA) is 15.3 Å². The summed E-state index contributed by atoms with van der Waals surface area (Å²) in [6.45, 7) is 4.90. The summed E-state index contributed by atoms with van der Waals surface area (Å²) in [7, 11) is 0. The molecule has 1 heterocycles. The molecule has 0 unspecified atom stereocenters. The maximum Gasteiger partial charge on any atom is 0.0605 e. The van der Waals surface area contributed by atoms with Gasteiger partial charge in [-0.1, -0.05) is 35.9 Å². The van der Waals surface area contributed by atoms with E-state index in [1.807, 2.05) is 6.07 Å². The zero-order chi connectivity index (χ0) is 13.2. The zero-order valence-corrected chi connectivity index (χ0v) is 11.7. The molecule has 0 atom stereocenters. The largest absolute Gasteiger partial charge is 0.382 e. The van der Waals surface area contributed by atoms with Crippen molar-refractivity contribution in [3.8, 4) is 0 Å². The predicted molar refractivity (Wildman–Crippen MR) is 82.2 cm³/mol. The average Bonchev–Trinajstić information content (AvgIpc) is 2.42. The second-order valence-electron chi connectivity index (χ2n) is 4.96. The lowest BCUT2D eigenvalue weighted by Crippen LogP contribution is -2.33. The lowest BCUT2D eigenvalue weighted by atomic mass is 10.1. The van der Waals surface area contributed by atoms with Crippen LogP contribution in [-0.2, 0) is 6.54 Å². The van der Waals surface area contributed by atoms with Crippen molar-refractivity contribution in [3.63, 3.8) is 0 Å². The van der Waals surface area contributed by atoms with Crippen molar-refractivity contribution in [3.05, 3.63) is 58.6 Å². The number of para-hydroxylation sites is 2. The summed E-state index contributed by atoms with van der Waals surface area (Å²) in [4.78, 5) is 2.38. The van der Waals surface area contributed by atoms with E-state index in [0.717, 1.165) is 24.7 Å². The molecule has 0 aliphatic carbocycles. The minimum absolute atomic E-state index is 0.857. The lowest BCUT2D eigenvalue weighted by Gasteiger charge is -2.32. The van der Waals surface area contributed by atoms with Gasteiger partial charge in [0.15, 0.2) is 0 Å². The van der Waals surface area contributed by atoms with Crippen LogP contribution in [0.5, 0.6) is 0 Å². The molecule has 98 valence electrons. The van der Waals surface area contributed by atoms with Gasteiger partial charge in [-0.05, 0) is 36.2 Å². The summed E-state index contributed by atoms with van der Waals surface area (Å²) in [5.74, 6) is 0. The second-order valence-corrected chi connectivity index (χ2v) is 5.37. The van der Waals surface area contributed by atoms with Crippen LogP contribution in [0.4, 0.5) is 11.4 Å². The van der Waals surface area contributed by atoms with Gasteiger partial charge in [-0.3, -0.25) is 0 Å². The molecule has 0 spiro atoms. The summed E-state index contributed by atoms with van der Waals surface area (Å²) in [6.07, 6.45) is 0. The number of fused-ring (bicyclic) bond motifs is 1. The van der Waals surface area contributed by atoms with Gasteiger partial charge < -0.3 is 10.2 Å². The van der Waals surface area contributed by atoms with Gasteiger partial charge in [-0.2, -0.15) is 0 Å². The number of anilines is 2. The van der Waals surface area contributed by atoms with Crippen molar-refractivity contribution in [1.29, 1.82) is 0 Å². The highest BCUT2D eigenvalue weighted by Gasteiger charge is 2.16. The Morgan fingerprint density at radius 1 is 1.21 bits per heavy atom. The Labute approximate surface area is 119 Å². The molecule has 3 rings (SSSR count). The maximum atomic E-state index is 6.33. The molecule has 2 aromatic carbocycles. The standard InChI is InChI=1S/C16H17ClN2/c1-12-6-7-13(14(17)10-12)11-19-9-8-18-15-4-2-3-5-16(15)19/h2-7,10,18H,8-9,11H2,1H3. The van der Waals surface area contributed by atoms with E-state index in [4.69, 9.17) is 11.6 Å². The summed E-state index contributed by atoms with van der Waals surface area (Å²) in [6, 6.07) is 14.7. The van der Waals surface area contributed by atoms with E-state index in [-0.39, 0.29) is 0 Å². The second kappa shape index (κ2) is 5.14. The molecule has 19 heavy (non-hydrogen) atoms. The number of aryl methyl sites for hydroxylation is 1. The summed E-state index contributed by atoms with van der Waals surface area (Å²) < 4.78 is 0. The molecule has 1 N–H and O–H groups in total. The van der Waals surface area contributed by atoms with Crippen molar-refractivity contribution < 1.29 is 0 Å². The summed E-state index contributed by atoms with van der Waals surface area (Å²) >= 11 is 6.33. The van der Waals surface area contributed by atoms with Gasteiger partial charge in [-0.25, -0.2) is 0 Å². The van der Waals surface area contributed by atoms with Crippen molar-refractivity contribution >= 4 is 23.0 Å². The van der Waals surface area contributed by atoms with Gasteiger partial charge in [0.1, 0.15) is 0 Å². The van der Waals surface area contributed by atoms with E-state index in [9.17, 15) is 0 Å². The quantitative estimate of drug-likeness (QED) is 0.886. The van der Waals surface area contributed by atoms with Gasteiger partial charge in [0.2, 0.25) is 0 Å². The third-order valence-electron chi connectivity index (χ3n) is 3.51. The molecule has 3 heteroatoms. The SMILES string of the molecule is Cc1ccc(CN2CCNc3ccccc32)c(Cl)c1. The first kappa shape index (κ1) is 12.4. The third-order valence-corrected chi connectivity index (χ3v) is 3.86. The molecule has 2 aromatic rings. The molecule has 0 radical (unpaired) electrons. The van der Waals surface area contributed by atoms with E-state index in [1.54, 1.807) is 0 Å². The average molecular weight is 273 g/mol. The fraction of sp³-hybridized carbons (Fsp3) is 0.250. The van der Waals surface area contributed by atoms with Gasteiger partial charge >= 0.3 is 0 Å². The third kappa shape index (κ3) is 2.54. The Kier molecular flexibility index (Phi) is 3.34. The van der Waals surface area contributed by atoms with Crippen LogP contribution in [-0.4, -0.2) is 13.1 Å². The Morgan fingerprint density at radius 3 is 2.89 bits per heavy atom. The highest BCUT2D eigenvalue weighted by Crippen LogP contribution is 2.30. The summed E-state index contributed by atoms with van der Waals surface area (Å²) in [5, 5.41) is 4.28. The first-order valence-corrected chi connectivity index (χ1v) is 6.95. The van der Waals surface area contributed by atoms with Gasteiger partial charge in [0, 0.05) is 24.7 Å². The lowest BCUT2D eigenvalue weighted by molar-refractivity contribution is 0.787. The minimum atomic E-state index is 0.857. The monoisotopic (exact) mass is 272 g/mol. The number of hydrogen-bond acceptors (Lipinski definition) is 2. The van der Waals surface area contributed by atoms with E-state index in [2.05, 4.69) is 53.5 Å². The molecule has 0 bridgehead atoms. The number of nitrogens with zero attached hydrogens (tertiary/aromatic N) is 1. The molecule has 0 aromatic heterocycles. The summed E-state index contributed by atoms with van der Waals surface area (Å²) in [5.41, 5.74) is 4.85. The van der Waals surface area contributed by atoms with Crippen LogP contribution in [0.15, 0.2) is 42.5 Å². The molecule has 1 aliphatic rings. The Balaban J connectivity index is 1.88. The van der Waals surface area contributed by atoms with Crippen LogP contribution < -0.4 is 10.2 Å². The minimum Gasteiger partial charge on any atom is -0.382 e. The number of rotatable bonds is 2. The van der Waals surface area contributed by atoms with E-state index < -0.39 is 0 Å². The van der Waals surface area contributed by atoms with Gasteiger partial charge in [0.05, 0.1) is 11.4 Å². The molecule has 2 nitrogen and oxygen atoms in total. The molecule has 0 amide bonds. The molecular formula is C16H17ClN2. The molecule has 0 fully saturated rings. The molecular weight excluding hydrogens is 256 g/mol. The van der Waals surface area contributed by atoms with Crippen LogP contribution in [0, 0.1) is 6.92 Å². The van der Waals surface area contributed by atoms with Crippen molar-refractivity contribution in [2.75, 3.05) is 23.3 Å². The normalized spacial score (nSPS) is 13.9. The molecule has 0 saturated carbocycles. The number of benzene rings is 2. The first-order valence-electron chi connectivity index (χ1n) is 6.57. The van der Waals surface area contributed by atoms with Gasteiger partial charge in [-0.15, -0.1) is 0 Å². The van der Waals surface area contributed by atoms with Crippen LogP contribution in [0.1, 0.15) is 11.1 Å². The predicted octanol–water partition coefficient (Wildman–Crippen LogP) is 4.08. The van der Waals surface area contributed by atoms with Gasteiger partial charge in [0.25, 0.3) is 0 Å². The van der Waals surface area contributed by atoms with Crippen LogP contribution in [0.2, 0.25) is 5.02 Å². The maximum absolute atomic E-state index is 6.33. The van der Waals surface area contributed by atoms with E-state index >= 15 is 0 Å². The van der Waals surface area contributed by atoms with Crippen molar-refractivity contribution in [1.82, 2.24) is 0 Å². The number of halogens is 1. The Morgan fingerprint density at radius 2 is 2.05 bits per heavy atom. The fourth-order valence-electron chi connectivity index (χ4n) is 2.50. The zero-order valence-electron chi connectivity index (χ0n) is 11.0. The number of hydrogen-bond donors (Lipinski definition) is 1. The Bertz CT molecular complexity index is 595. The Hall–Kier alpha value is -1.67. The highest BCUT2D eigenvalue weighted by molar-refractivity contribution is 6.31. The highest BCUT2D eigenvalue weighted by atomic mass is 35.5. The van der Waals surface area contributed by atoms with Crippen LogP contribution >= 0.6 is 11.6 Å². The van der Waals surface area contributed by atoms with Crippen LogP contribution in [0.25, 0.3) is 0 Å². The first-order chi connectivity index (χ1) is 9.24. The number of nitrogens with one attached hydrogen (secondary N) is 1.